The van der Waals surface area contributed by atoms with Crippen LogP contribution in [0.25, 0.3) is 0 Å². The molecule has 0 unspecified atom stereocenters. The summed E-state index contributed by atoms with van der Waals surface area (Å²) in [7, 11) is 1.44. The van der Waals surface area contributed by atoms with E-state index in [2.05, 4.69) is 5.32 Å². The van der Waals surface area contributed by atoms with Crippen molar-refractivity contribution in [2.75, 3.05) is 7.05 Å². The number of hydrogen-bond acceptors (Lipinski definition) is 2. The minimum absolute atomic E-state index is 0.0255. The van der Waals surface area contributed by atoms with E-state index < -0.39 is 11.8 Å². The summed E-state index contributed by atoms with van der Waals surface area (Å²) in [5.41, 5.74) is 4.78. The van der Waals surface area contributed by atoms with Gasteiger partial charge in [0.05, 0.1) is 0 Å². The maximum Gasteiger partial charge on any atom is 0.236 e. The maximum absolute atomic E-state index is 10.5. The number of carbonyl (C=O) groups is 2. The maximum atomic E-state index is 10.5. The molecule has 0 bridgehead atoms. The number of primary amides is 1. The Kier molecular flexibility index (Phi) is 2.70. The van der Waals surface area contributed by atoms with Crippen LogP contribution in [0.2, 0.25) is 0 Å². The number of nitrogens with two attached hydrogens (primary N) is 1. The Bertz CT molecular complexity index is 133. The van der Waals surface area contributed by atoms with Crippen LogP contribution < -0.4 is 11.1 Å². The van der Waals surface area contributed by atoms with Gasteiger partial charge in [-0.3, -0.25) is 9.59 Å². The van der Waals surface area contributed by atoms with Crippen molar-refractivity contribution < 1.29 is 9.59 Å². The van der Waals surface area contributed by atoms with Crippen molar-refractivity contribution >= 4 is 11.8 Å². The van der Waals surface area contributed by atoms with Crippen molar-refractivity contribution in [1.29, 1.82) is 0 Å². The first-order valence-electron chi connectivity index (χ1n) is 2.45. The zero-order valence-corrected chi connectivity index (χ0v) is 5.39. The second-order valence-electron chi connectivity index (χ2n) is 1.57. The molecule has 0 saturated carbocycles. The number of carbonyl (C=O) groups excluding carboxylic acids is 2. The minimum Gasteiger partial charge on any atom is -0.369 e. The average Bonchev–Trinajstić information content (AvgIpc) is 1.84. The molecule has 9 heavy (non-hydrogen) atoms. The van der Waals surface area contributed by atoms with Crippen LogP contribution in [0.4, 0.5) is 0 Å². The van der Waals surface area contributed by atoms with Gasteiger partial charge in [-0.25, -0.2) is 0 Å². The highest BCUT2D eigenvalue weighted by Gasteiger charge is 2.17. The molecule has 0 rings (SSSR count). The van der Waals surface area contributed by atoms with Crippen molar-refractivity contribution in [3.63, 3.8) is 0 Å². The predicted octanol–water partition coefficient (Wildman–Crippen LogP) is -1.19. The van der Waals surface area contributed by atoms with Crippen LogP contribution in [0, 0.1) is 5.92 Å². The van der Waals surface area contributed by atoms with Crippen LogP contribution in [-0.4, -0.2) is 18.9 Å². The highest BCUT2D eigenvalue weighted by molar-refractivity contribution is 6.13. The van der Waals surface area contributed by atoms with E-state index in [0.717, 1.165) is 0 Å². The zero-order valence-electron chi connectivity index (χ0n) is 5.39. The third-order valence-electron chi connectivity index (χ3n) is 0.937. The smallest absolute Gasteiger partial charge is 0.236 e. The van der Waals surface area contributed by atoms with Gasteiger partial charge in [-0.2, -0.15) is 0 Å². The summed E-state index contributed by atoms with van der Waals surface area (Å²) in [6.07, 6.45) is 0. The summed E-state index contributed by atoms with van der Waals surface area (Å²) >= 11 is 0. The van der Waals surface area contributed by atoms with Gasteiger partial charge in [-0.1, -0.05) is 0 Å². The number of hydrogen-bond donors (Lipinski definition) is 2. The quantitative estimate of drug-likeness (QED) is 0.460. The summed E-state index contributed by atoms with van der Waals surface area (Å²) in [5, 5.41) is 2.27. The first kappa shape index (κ1) is 7.94. The van der Waals surface area contributed by atoms with E-state index >= 15 is 0 Å². The van der Waals surface area contributed by atoms with E-state index in [-0.39, 0.29) is 5.92 Å². The Morgan fingerprint density at radius 3 is 2.00 bits per heavy atom. The van der Waals surface area contributed by atoms with Crippen LogP contribution in [-0.2, 0) is 9.59 Å². The van der Waals surface area contributed by atoms with Crippen molar-refractivity contribution in [2.24, 2.45) is 5.73 Å². The Morgan fingerprint density at radius 1 is 1.44 bits per heavy atom. The van der Waals surface area contributed by atoms with Crippen molar-refractivity contribution in [2.45, 2.75) is 6.92 Å². The predicted molar refractivity (Wildman–Crippen MR) is 32.2 cm³/mol. The first-order chi connectivity index (χ1) is 4.09. The molecule has 0 saturated heterocycles. The number of nitrogens with one attached hydrogen (secondary N) is 1. The number of amides is 2. The molecule has 4 heteroatoms. The molecule has 3 N–H and O–H groups in total. The summed E-state index contributed by atoms with van der Waals surface area (Å²) in [4.78, 5) is 20.7. The van der Waals surface area contributed by atoms with Gasteiger partial charge in [0.15, 0.2) is 0 Å². The van der Waals surface area contributed by atoms with Crippen LogP contribution in [0.3, 0.4) is 0 Å². The highest BCUT2D eigenvalue weighted by atomic mass is 16.2. The second-order valence-corrected chi connectivity index (χ2v) is 1.57. The second kappa shape index (κ2) is 3.06. The Hall–Kier alpha value is -1.06. The third-order valence-corrected chi connectivity index (χ3v) is 0.937. The van der Waals surface area contributed by atoms with Crippen LogP contribution in [0.15, 0.2) is 0 Å². The topological polar surface area (TPSA) is 72.2 Å². The van der Waals surface area contributed by atoms with Gasteiger partial charge >= 0.3 is 0 Å². The molecule has 2 amide bonds. The lowest BCUT2D eigenvalue weighted by Crippen LogP contribution is -2.33. The SMILES string of the molecule is CNC(=O)[C](C)C(N)=O. The van der Waals surface area contributed by atoms with E-state index in [1.807, 2.05) is 0 Å². The monoisotopic (exact) mass is 129 g/mol. The van der Waals surface area contributed by atoms with Crippen LogP contribution >= 0.6 is 0 Å². The molecule has 0 aromatic heterocycles. The summed E-state index contributed by atoms with van der Waals surface area (Å²) in [6, 6.07) is 0. The fourth-order valence-electron chi connectivity index (χ4n) is 0.299. The Labute approximate surface area is 53.4 Å². The highest BCUT2D eigenvalue weighted by Crippen LogP contribution is 1.93. The normalized spacial score (nSPS) is 9.22. The van der Waals surface area contributed by atoms with E-state index in [1.54, 1.807) is 0 Å². The third kappa shape index (κ3) is 2.12. The first-order valence-corrected chi connectivity index (χ1v) is 2.45. The molecule has 0 atom stereocenters. The lowest BCUT2D eigenvalue weighted by atomic mass is 10.1. The molecule has 0 heterocycles. The van der Waals surface area contributed by atoms with Gasteiger partial charge in [0.1, 0.15) is 5.92 Å². The molecular weight excluding hydrogens is 120 g/mol. The molecule has 1 radical (unpaired) electrons. The molecule has 0 spiro atoms. The standard InChI is InChI=1S/C5H9N2O2/c1-3(4(6)8)5(9)7-2/h1-2H3,(H2,6,8)(H,7,9). The molecule has 51 valence electrons. The fourth-order valence-corrected chi connectivity index (χ4v) is 0.299. The lowest BCUT2D eigenvalue weighted by molar-refractivity contribution is -0.124. The van der Waals surface area contributed by atoms with E-state index in [1.165, 1.54) is 14.0 Å². The van der Waals surface area contributed by atoms with E-state index in [4.69, 9.17) is 5.73 Å². The summed E-state index contributed by atoms with van der Waals surface area (Å²) in [6.45, 7) is 1.38. The van der Waals surface area contributed by atoms with Crippen LogP contribution in [0.5, 0.6) is 0 Å². The van der Waals surface area contributed by atoms with Crippen molar-refractivity contribution in [1.82, 2.24) is 5.32 Å². The molecule has 0 aliphatic carbocycles. The minimum atomic E-state index is -0.686. The van der Waals surface area contributed by atoms with Crippen molar-refractivity contribution in [3.05, 3.63) is 5.92 Å². The van der Waals surface area contributed by atoms with Gasteiger partial charge < -0.3 is 11.1 Å². The van der Waals surface area contributed by atoms with Crippen molar-refractivity contribution in [3.8, 4) is 0 Å². The number of rotatable bonds is 2. The van der Waals surface area contributed by atoms with Gasteiger partial charge in [0, 0.05) is 7.05 Å². The van der Waals surface area contributed by atoms with Crippen LogP contribution in [0.1, 0.15) is 6.92 Å². The van der Waals surface area contributed by atoms with Gasteiger partial charge in [0.2, 0.25) is 11.8 Å². The fraction of sp³-hybridized carbons (Fsp3) is 0.400. The zero-order chi connectivity index (χ0) is 7.44. The van der Waals surface area contributed by atoms with E-state index in [0.29, 0.717) is 0 Å². The summed E-state index contributed by atoms with van der Waals surface area (Å²) in [5.74, 6) is -1.09. The van der Waals surface area contributed by atoms with Gasteiger partial charge in [-0.15, -0.1) is 0 Å². The Balaban J connectivity index is 3.88. The largest absolute Gasteiger partial charge is 0.369 e. The molecule has 0 aliphatic heterocycles. The molecule has 0 aromatic rings. The van der Waals surface area contributed by atoms with E-state index in [9.17, 15) is 9.59 Å². The molecule has 0 fully saturated rings. The molecular formula is C5H9N2O2. The molecule has 0 aliphatic rings. The summed E-state index contributed by atoms with van der Waals surface area (Å²) < 4.78 is 0. The molecule has 4 nitrogen and oxygen atoms in total. The lowest BCUT2D eigenvalue weighted by Gasteiger charge is -2.01. The van der Waals surface area contributed by atoms with Gasteiger partial charge in [-0.05, 0) is 6.92 Å². The van der Waals surface area contributed by atoms with Gasteiger partial charge in [0.25, 0.3) is 0 Å². The molecule has 0 aromatic carbocycles. The Morgan fingerprint density at radius 2 is 1.89 bits per heavy atom. The average molecular weight is 129 g/mol.